The molecule has 0 radical (unpaired) electrons. The molecule has 2 aromatic rings. The number of nitrogens with zero attached hydrogens (tertiary/aromatic N) is 3. The van der Waals surface area contributed by atoms with Crippen LogP contribution in [-0.4, -0.2) is 65.8 Å². The lowest BCUT2D eigenvalue weighted by atomic mass is 9.93. The van der Waals surface area contributed by atoms with Gasteiger partial charge in [-0.1, -0.05) is 24.3 Å². The van der Waals surface area contributed by atoms with E-state index in [1.54, 1.807) is 0 Å². The van der Waals surface area contributed by atoms with E-state index in [-0.39, 0.29) is 12.5 Å². The van der Waals surface area contributed by atoms with Crippen molar-refractivity contribution in [1.29, 1.82) is 0 Å². The van der Waals surface area contributed by atoms with E-state index >= 15 is 0 Å². The van der Waals surface area contributed by atoms with Gasteiger partial charge in [-0.05, 0) is 68.2 Å². The van der Waals surface area contributed by atoms with Crippen LogP contribution in [0.3, 0.4) is 0 Å². The van der Waals surface area contributed by atoms with Crippen LogP contribution in [0.15, 0.2) is 36.4 Å². The second-order valence-corrected chi connectivity index (χ2v) is 10.0. The number of anilines is 2. The summed E-state index contributed by atoms with van der Waals surface area (Å²) in [5.41, 5.74) is 3.34. The minimum atomic E-state index is -0.606. The van der Waals surface area contributed by atoms with Crippen molar-refractivity contribution in [2.24, 2.45) is 0 Å². The standard InChI is InChI=1S/C27H37N5O2/c33-24(19-31-14-11-20-7-2-3-8-21(20)18-31)17-28-27(34)22-15-25(29-23-9-6-10-23)30-26(16-22)32-12-4-1-5-13-32/h2-3,7-8,15-16,23-24,33H,1,4-6,9-14,17-19H2,(H,28,34)(H,29,30)/t24-/m0/s1. The number of hydrogen-bond donors (Lipinski definition) is 3. The number of aliphatic hydroxyl groups is 1. The Morgan fingerprint density at radius 3 is 2.62 bits per heavy atom. The molecule has 0 spiro atoms. The maximum atomic E-state index is 13.1. The number of piperidine rings is 1. The molecule has 0 bridgehead atoms. The number of carbonyl (C=O) groups excluding carboxylic acids is 1. The summed E-state index contributed by atoms with van der Waals surface area (Å²) in [6.45, 7) is 4.54. The molecule has 2 aliphatic heterocycles. The molecule has 1 aromatic heterocycles. The first kappa shape index (κ1) is 23.1. The van der Waals surface area contributed by atoms with E-state index in [4.69, 9.17) is 4.98 Å². The fourth-order valence-electron chi connectivity index (χ4n) is 5.15. The van der Waals surface area contributed by atoms with Gasteiger partial charge >= 0.3 is 0 Å². The molecule has 0 unspecified atom stereocenters. The molecule has 5 rings (SSSR count). The van der Waals surface area contributed by atoms with E-state index < -0.39 is 6.10 Å². The Kier molecular flexibility index (Phi) is 7.30. The zero-order chi connectivity index (χ0) is 23.3. The monoisotopic (exact) mass is 463 g/mol. The first-order chi connectivity index (χ1) is 16.6. The number of amides is 1. The second kappa shape index (κ2) is 10.7. The van der Waals surface area contributed by atoms with Crippen molar-refractivity contribution in [2.75, 3.05) is 42.9 Å². The van der Waals surface area contributed by atoms with Crippen LogP contribution < -0.4 is 15.5 Å². The first-order valence-corrected chi connectivity index (χ1v) is 12.9. The number of rotatable bonds is 8. The molecule has 1 aliphatic carbocycles. The van der Waals surface area contributed by atoms with Gasteiger partial charge in [0.2, 0.25) is 0 Å². The topological polar surface area (TPSA) is 80.7 Å². The van der Waals surface area contributed by atoms with Crippen molar-refractivity contribution in [3.8, 4) is 0 Å². The zero-order valence-corrected chi connectivity index (χ0v) is 20.0. The highest BCUT2D eigenvalue weighted by Gasteiger charge is 2.22. The number of aromatic nitrogens is 1. The Balaban J connectivity index is 1.19. The summed E-state index contributed by atoms with van der Waals surface area (Å²) in [5.74, 6) is 1.51. The van der Waals surface area contributed by atoms with Gasteiger partial charge in [0.25, 0.3) is 5.91 Å². The molecule has 2 fully saturated rings. The molecule has 34 heavy (non-hydrogen) atoms. The number of carbonyl (C=O) groups is 1. The first-order valence-electron chi connectivity index (χ1n) is 12.9. The van der Waals surface area contributed by atoms with Crippen LogP contribution in [0, 0.1) is 0 Å². The van der Waals surface area contributed by atoms with Gasteiger partial charge in [0.1, 0.15) is 11.6 Å². The fourth-order valence-corrected chi connectivity index (χ4v) is 5.15. The summed E-state index contributed by atoms with van der Waals surface area (Å²) >= 11 is 0. The van der Waals surface area contributed by atoms with E-state index in [9.17, 15) is 9.90 Å². The fraction of sp³-hybridized carbons (Fsp3) is 0.556. The Morgan fingerprint density at radius 2 is 1.85 bits per heavy atom. The van der Waals surface area contributed by atoms with Crippen molar-refractivity contribution >= 4 is 17.5 Å². The minimum Gasteiger partial charge on any atom is -0.390 e. The molecule has 7 nitrogen and oxygen atoms in total. The third kappa shape index (κ3) is 5.70. The van der Waals surface area contributed by atoms with Crippen LogP contribution in [0.2, 0.25) is 0 Å². The molecule has 3 N–H and O–H groups in total. The van der Waals surface area contributed by atoms with Gasteiger partial charge in [-0.2, -0.15) is 0 Å². The smallest absolute Gasteiger partial charge is 0.251 e. The summed E-state index contributed by atoms with van der Waals surface area (Å²) in [6.07, 6.45) is 7.54. The van der Waals surface area contributed by atoms with Crippen molar-refractivity contribution in [3.63, 3.8) is 0 Å². The van der Waals surface area contributed by atoms with E-state index in [0.717, 1.165) is 69.9 Å². The summed E-state index contributed by atoms with van der Waals surface area (Å²) in [7, 11) is 0. The third-order valence-corrected chi connectivity index (χ3v) is 7.39. The molecule has 1 atom stereocenters. The highest BCUT2D eigenvalue weighted by molar-refractivity contribution is 5.95. The van der Waals surface area contributed by atoms with Crippen LogP contribution in [0.4, 0.5) is 11.6 Å². The molecule has 1 saturated heterocycles. The van der Waals surface area contributed by atoms with Crippen LogP contribution in [0.5, 0.6) is 0 Å². The number of hydrogen-bond acceptors (Lipinski definition) is 6. The number of nitrogens with one attached hydrogen (secondary N) is 2. The van der Waals surface area contributed by atoms with Gasteiger partial charge < -0.3 is 20.6 Å². The van der Waals surface area contributed by atoms with Gasteiger partial charge in [0.05, 0.1) is 6.10 Å². The molecular formula is C27H37N5O2. The molecule has 7 heteroatoms. The Labute approximate surface area is 202 Å². The van der Waals surface area contributed by atoms with Crippen molar-refractivity contribution in [3.05, 3.63) is 53.1 Å². The van der Waals surface area contributed by atoms with Gasteiger partial charge in [-0.15, -0.1) is 0 Å². The zero-order valence-electron chi connectivity index (χ0n) is 20.0. The molecule has 1 saturated carbocycles. The third-order valence-electron chi connectivity index (χ3n) is 7.39. The van der Waals surface area contributed by atoms with Crippen LogP contribution in [0.25, 0.3) is 0 Å². The molecule has 3 aliphatic rings. The number of fused-ring (bicyclic) bond motifs is 1. The minimum absolute atomic E-state index is 0.152. The van der Waals surface area contributed by atoms with Gasteiger partial charge in [-0.3, -0.25) is 9.69 Å². The normalized spacial score (nSPS) is 19.7. The van der Waals surface area contributed by atoms with Gasteiger partial charge in [0.15, 0.2) is 0 Å². The Hall–Kier alpha value is -2.64. The molecule has 3 heterocycles. The highest BCUT2D eigenvalue weighted by atomic mass is 16.3. The van der Waals surface area contributed by atoms with Crippen LogP contribution >= 0.6 is 0 Å². The summed E-state index contributed by atoms with van der Waals surface area (Å²) in [4.78, 5) is 22.4. The van der Waals surface area contributed by atoms with E-state index in [1.165, 1.54) is 24.0 Å². The SMILES string of the molecule is O=C(NC[C@H](O)CN1CCc2ccccc2C1)c1cc(NC2CCC2)nc(N2CCCCC2)c1. The molecule has 1 amide bonds. The highest BCUT2D eigenvalue weighted by Crippen LogP contribution is 2.26. The van der Waals surface area contributed by atoms with E-state index in [2.05, 4.69) is 44.7 Å². The molecular weight excluding hydrogens is 426 g/mol. The number of aliphatic hydroxyl groups excluding tert-OH is 1. The number of β-amino-alcohol motifs (C(OH)–C–C–N with tert-alkyl or cyclic N) is 1. The Bertz CT molecular complexity index is 987. The quantitative estimate of drug-likeness (QED) is 0.558. The number of benzene rings is 1. The van der Waals surface area contributed by atoms with Gasteiger partial charge in [-0.25, -0.2) is 4.98 Å². The van der Waals surface area contributed by atoms with Crippen molar-refractivity contribution in [2.45, 2.75) is 63.6 Å². The lowest BCUT2D eigenvalue weighted by Gasteiger charge is -2.31. The lowest BCUT2D eigenvalue weighted by Crippen LogP contribution is -2.42. The van der Waals surface area contributed by atoms with Crippen molar-refractivity contribution < 1.29 is 9.90 Å². The predicted octanol–water partition coefficient (Wildman–Crippen LogP) is 3.19. The van der Waals surface area contributed by atoms with Crippen molar-refractivity contribution in [1.82, 2.24) is 15.2 Å². The average molecular weight is 464 g/mol. The summed E-state index contributed by atoms with van der Waals surface area (Å²) in [6, 6.07) is 12.7. The maximum Gasteiger partial charge on any atom is 0.251 e. The maximum absolute atomic E-state index is 13.1. The van der Waals surface area contributed by atoms with Crippen LogP contribution in [-0.2, 0) is 13.0 Å². The van der Waals surface area contributed by atoms with E-state index in [1.807, 2.05) is 12.1 Å². The predicted molar refractivity (Wildman–Crippen MR) is 135 cm³/mol. The Morgan fingerprint density at radius 1 is 1.06 bits per heavy atom. The second-order valence-electron chi connectivity index (χ2n) is 10.0. The number of pyridine rings is 1. The molecule has 182 valence electrons. The summed E-state index contributed by atoms with van der Waals surface area (Å²) in [5, 5.41) is 17.1. The van der Waals surface area contributed by atoms with Gasteiger partial charge in [0, 0.05) is 50.9 Å². The summed E-state index contributed by atoms with van der Waals surface area (Å²) < 4.78 is 0. The van der Waals surface area contributed by atoms with E-state index in [0.29, 0.717) is 18.2 Å². The lowest BCUT2D eigenvalue weighted by molar-refractivity contribution is 0.0842. The largest absolute Gasteiger partial charge is 0.390 e. The average Bonchev–Trinajstić information content (AvgIpc) is 2.85. The van der Waals surface area contributed by atoms with Crippen LogP contribution in [0.1, 0.15) is 60.0 Å². The molecule has 1 aromatic carbocycles.